The van der Waals surface area contributed by atoms with Gasteiger partial charge in [-0.3, -0.25) is 4.79 Å². The second-order valence-electron chi connectivity index (χ2n) is 5.93. The number of hydrogen-bond donors (Lipinski definition) is 2. The van der Waals surface area contributed by atoms with Gasteiger partial charge in [0.2, 0.25) is 5.91 Å². The van der Waals surface area contributed by atoms with Gasteiger partial charge in [-0.15, -0.1) is 0 Å². The van der Waals surface area contributed by atoms with Crippen LogP contribution in [0.1, 0.15) is 39.5 Å². The van der Waals surface area contributed by atoms with Crippen LogP contribution in [0.3, 0.4) is 0 Å². The summed E-state index contributed by atoms with van der Waals surface area (Å²) in [6.45, 7) is 4.12. The van der Waals surface area contributed by atoms with Gasteiger partial charge >= 0.3 is 6.18 Å². The standard InChI is InChI=1S/C13H23F3N2O/c1-12(2,11(19)17-3)8-18-10-6-4-9(5-7-10)13(14,15)16/h9-10,18H,4-8H2,1-3H3,(H,17,19). The van der Waals surface area contributed by atoms with Gasteiger partial charge in [0.05, 0.1) is 11.3 Å². The van der Waals surface area contributed by atoms with Crippen LogP contribution in [0.25, 0.3) is 0 Å². The van der Waals surface area contributed by atoms with Crippen molar-refractivity contribution in [3.05, 3.63) is 0 Å². The highest BCUT2D eigenvalue weighted by Gasteiger charge is 2.41. The fourth-order valence-electron chi connectivity index (χ4n) is 2.44. The summed E-state index contributed by atoms with van der Waals surface area (Å²) in [4.78, 5) is 11.6. The van der Waals surface area contributed by atoms with Crippen LogP contribution in [0, 0.1) is 11.3 Å². The first-order chi connectivity index (χ1) is 8.66. The number of amides is 1. The predicted molar refractivity (Wildman–Crippen MR) is 67.7 cm³/mol. The first kappa shape index (κ1) is 16.3. The lowest BCUT2D eigenvalue weighted by molar-refractivity contribution is -0.182. The van der Waals surface area contributed by atoms with Crippen LogP contribution in [0.15, 0.2) is 0 Å². The summed E-state index contributed by atoms with van der Waals surface area (Å²) >= 11 is 0. The van der Waals surface area contributed by atoms with Crippen molar-refractivity contribution in [3.63, 3.8) is 0 Å². The molecule has 0 saturated heterocycles. The van der Waals surface area contributed by atoms with Gasteiger partial charge in [-0.25, -0.2) is 0 Å². The van der Waals surface area contributed by atoms with Crippen LogP contribution >= 0.6 is 0 Å². The Balaban J connectivity index is 2.36. The molecule has 0 aromatic rings. The van der Waals surface area contributed by atoms with E-state index in [1.54, 1.807) is 7.05 Å². The SMILES string of the molecule is CNC(=O)C(C)(C)CNC1CCC(C(F)(F)F)CC1. The monoisotopic (exact) mass is 280 g/mol. The van der Waals surface area contributed by atoms with Gasteiger partial charge in [0.1, 0.15) is 0 Å². The van der Waals surface area contributed by atoms with Gasteiger partial charge < -0.3 is 10.6 Å². The first-order valence-electron chi connectivity index (χ1n) is 6.69. The smallest absolute Gasteiger partial charge is 0.359 e. The zero-order chi connectivity index (χ0) is 14.7. The van der Waals surface area contributed by atoms with E-state index in [1.165, 1.54) is 0 Å². The zero-order valence-electron chi connectivity index (χ0n) is 11.7. The molecule has 0 aliphatic heterocycles. The fourth-order valence-corrected chi connectivity index (χ4v) is 2.44. The minimum Gasteiger partial charge on any atom is -0.359 e. The summed E-state index contributed by atoms with van der Waals surface area (Å²) < 4.78 is 37.6. The van der Waals surface area contributed by atoms with Gasteiger partial charge in [-0.1, -0.05) is 0 Å². The molecule has 3 nitrogen and oxygen atoms in total. The summed E-state index contributed by atoms with van der Waals surface area (Å²) in [6, 6.07) is 0.0857. The molecule has 0 unspecified atom stereocenters. The van der Waals surface area contributed by atoms with Crippen LogP contribution in [0.2, 0.25) is 0 Å². The maximum atomic E-state index is 12.5. The minimum absolute atomic E-state index is 0.0658. The number of rotatable bonds is 4. The fraction of sp³-hybridized carbons (Fsp3) is 0.923. The van der Waals surface area contributed by atoms with Crippen LogP contribution < -0.4 is 10.6 Å². The van der Waals surface area contributed by atoms with Crippen molar-refractivity contribution in [2.45, 2.75) is 51.7 Å². The molecule has 0 bridgehead atoms. The van der Waals surface area contributed by atoms with Crippen LogP contribution in [-0.2, 0) is 4.79 Å². The molecule has 1 saturated carbocycles. The molecule has 0 heterocycles. The molecular formula is C13H23F3N2O. The molecule has 112 valence electrons. The minimum atomic E-state index is -4.06. The summed E-state index contributed by atoms with van der Waals surface area (Å²) in [5, 5.41) is 5.81. The highest BCUT2D eigenvalue weighted by Crippen LogP contribution is 2.37. The molecule has 0 radical (unpaired) electrons. The highest BCUT2D eigenvalue weighted by molar-refractivity contribution is 5.81. The molecular weight excluding hydrogens is 257 g/mol. The van der Waals surface area contributed by atoms with Gasteiger partial charge in [0.15, 0.2) is 0 Å². The van der Waals surface area contributed by atoms with Crippen molar-refractivity contribution in [1.29, 1.82) is 0 Å². The quantitative estimate of drug-likeness (QED) is 0.830. The number of alkyl halides is 3. The molecule has 1 rings (SSSR count). The molecule has 1 aliphatic carbocycles. The summed E-state index contributed by atoms with van der Waals surface area (Å²) in [7, 11) is 1.58. The van der Waals surface area contributed by atoms with E-state index in [9.17, 15) is 18.0 Å². The third kappa shape index (κ3) is 4.67. The van der Waals surface area contributed by atoms with E-state index in [0.29, 0.717) is 19.4 Å². The average Bonchev–Trinajstić information content (AvgIpc) is 2.35. The van der Waals surface area contributed by atoms with E-state index in [-0.39, 0.29) is 24.8 Å². The van der Waals surface area contributed by atoms with E-state index in [0.717, 1.165) is 0 Å². The predicted octanol–water partition coefficient (Wildman–Crippen LogP) is 2.47. The zero-order valence-corrected chi connectivity index (χ0v) is 11.7. The molecule has 0 spiro atoms. The normalized spacial score (nSPS) is 25.2. The molecule has 6 heteroatoms. The Morgan fingerprint density at radius 1 is 1.16 bits per heavy atom. The van der Waals surface area contributed by atoms with Gasteiger partial charge in [0.25, 0.3) is 0 Å². The van der Waals surface area contributed by atoms with Crippen molar-refractivity contribution in [3.8, 4) is 0 Å². The van der Waals surface area contributed by atoms with E-state index >= 15 is 0 Å². The maximum Gasteiger partial charge on any atom is 0.391 e. The van der Waals surface area contributed by atoms with Crippen LogP contribution in [0.5, 0.6) is 0 Å². The van der Waals surface area contributed by atoms with Gasteiger partial charge in [0, 0.05) is 19.6 Å². The summed E-state index contributed by atoms with van der Waals surface area (Å²) in [5.41, 5.74) is -0.546. The first-order valence-corrected chi connectivity index (χ1v) is 6.69. The van der Waals surface area contributed by atoms with E-state index in [2.05, 4.69) is 10.6 Å². The average molecular weight is 280 g/mol. The number of carbonyl (C=O) groups excluding carboxylic acids is 1. The highest BCUT2D eigenvalue weighted by atomic mass is 19.4. The third-order valence-corrected chi connectivity index (χ3v) is 3.86. The van der Waals surface area contributed by atoms with Crippen molar-refractivity contribution in [2.75, 3.05) is 13.6 Å². The Kier molecular flexibility index (Phi) is 5.24. The van der Waals surface area contributed by atoms with E-state index in [1.807, 2.05) is 13.8 Å². The van der Waals surface area contributed by atoms with Crippen molar-refractivity contribution >= 4 is 5.91 Å². The second-order valence-corrected chi connectivity index (χ2v) is 5.93. The Morgan fingerprint density at radius 3 is 2.11 bits per heavy atom. The third-order valence-electron chi connectivity index (χ3n) is 3.86. The maximum absolute atomic E-state index is 12.5. The number of carbonyl (C=O) groups is 1. The Morgan fingerprint density at radius 2 is 1.68 bits per heavy atom. The van der Waals surface area contributed by atoms with Crippen molar-refractivity contribution < 1.29 is 18.0 Å². The largest absolute Gasteiger partial charge is 0.391 e. The summed E-state index contributed by atoms with van der Waals surface area (Å²) in [6.07, 6.45) is -2.66. The van der Waals surface area contributed by atoms with Crippen molar-refractivity contribution in [2.24, 2.45) is 11.3 Å². The Labute approximate surface area is 112 Å². The molecule has 19 heavy (non-hydrogen) atoms. The van der Waals surface area contributed by atoms with Crippen LogP contribution in [-0.4, -0.2) is 31.7 Å². The van der Waals surface area contributed by atoms with Gasteiger partial charge in [-0.2, -0.15) is 13.2 Å². The molecule has 2 N–H and O–H groups in total. The Hall–Kier alpha value is -0.780. The van der Waals surface area contributed by atoms with E-state index in [4.69, 9.17) is 0 Å². The molecule has 1 amide bonds. The topological polar surface area (TPSA) is 41.1 Å². The molecule has 0 aromatic carbocycles. The lowest BCUT2D eigenvalue weighted by Gasteiger charge is -2.32. The molecule has 1 fully saturated rings. The molecule has 0 aromatic heterocycles. The lowest BCUT2D eigenvalue weighted by atomic mass is 9.84. The second kappa shape index (κ2) is 6.11. The number of nitrogens with one attached hydrogen (secondary N) is 2. The Bertz CT molecular complexity index is 308. The van der Waals surface area contributed by atoms with Gasteiger partial charge in [-0.05, 0) is 39.5 Å². The number of hydrogen-bond acceptors (Lipinski definition) is 2. The van der Waals surface area contributed by atoms with E-state index < -0.39 is 17.5 Å². The molecule has 0 atom stereocenters. The lowest BCUT2D eigenvalue weighted by Crippen LogP contribution is -2.46. The summed E-state index contributed by atoms with van der Waals surface area (Å²) in [5.74, 6) is -1.22. The molecule has 1 aliphatic rings. The van der Waals surface area contributed by atoms with Crippen LogP contribution in [0.4, 0.5) is 13.2 Å². The number of halogens is 3. The van der Waals surface area contributed by atoms with Crippen molar-refractivity contribution in [1.82, 2.24) is 10.6 Å².